The largest absolute Gasteiger partial charge is 0.416 e. The number of carbonyl (C=O) groups excluding carboxylic acids is 1. The standard InChI is InChI=1S/C27H27ClF3N5O2S/c1-2-38-12-11-34-7-9-35(10-8-34)26-33-25(37)24(39-26)14-18-3-6-23-20(13-18)16-32-36(23)17-19-4-5-21(28)15-22(19)27(29,30)31/h3-6,13-16H,2,7-12,17H2,1H3. The molecule has 1 fully saturated rings. The van der Waals surface area contributed by atoms with Gasteiger partial charge in [0.2, 0.25) is 0 Å². The van der Waals surface area contributed by atoms with Gasteiger partial charge in [0.1, 0.15) is 0 Å². The maximum Gasteiger partial charge on any atom is 0.416 e. The third kappa shape index (κ3) is 6.49. The highest BCUT2D eigenvalue weighted by Crippen LogP contribution is 2.35. The van der Waals surface area contributed by atoms with Crippen LogP contribution in [0.4, 0.5) is 13.2 Å². The van der Waals surface area contributed by atoms with E-state index in [1.807, 2.05) is 19.1 Å². The van der Waals surface area contributed by atoms with E-state index >= 15 is 0 Å². The molecule has 1 aromatic heterocycles. The molecule has 0 aliphatic carbocycles. The second-order valence-electron chi connectivity index (χ2n) is 9.26. The summed E-state index contributed by atoms with van der Waals surface area (Å²) in [7, 11) is 0. The Hall–Kier alpha value is -2.86. The summed E-state index contributed by atoms with van der Waals surface area (Å²) in [5.41, 5.74) is 0.776. The molecule has 1 saturated heterocycles. The van der Waals surface area contributed by atoms with Crippen molar-refractivity contribution in [1.29, 1.82) is 0 Å². The van der Waals surface area contributed by atoms with E-state index < -0.39 is 11.7 Å². The quantitative estimate of drug-likeness (QED) is 0.277. The highest BCUT2D eigenvalue weighted by molar-refractivity contribution is 8.18. The van der Waals surface area contributed by atoms with E-state index in [2.05, 4.69) is 19.9 Å². The van der Waals surface area contributed by atoms with Gasteiger partial charge >= 0.3 is 6.18 Å². The summed E-state index contributed by atoms with van der Waals surface area (Å²) in [4.78, 5) is 21.9. The van der Waals surface area contributed by atoms with Crippen molar-refractivity contribution in [1.82, 2.24) is 19.6 Å². The fraction of sp³-hybridized carbons (Fsp3) is 0.370. The first-order chi connectivity index (χ1) is 18.7. The molecule has 0 radical (unpaired) electrons. The number of nitrogens with zero attached hydrogens (tertiary/aromatic N) is 5. The van der Waals surface area contributed by atoms with Crippen LogP contribution in [0, 0.1) is 0 Å². The van der Waals surface area contributed by atoms with Crippen LogP contribution in [0.3, 0.4) is 0 Å². The van der Waals surface area contributed by atoms with Gasteiger partial charge in [-0.15, -0.1) is 0 Å². The third-order valence-electron chi connectivity index (χ3n) is 6.67. The molecule has 7 nitrogen and oxygen atoms in total. The Balaban J connectivity index is 1.26. The van der Waals surface area contributed by atoms with Gasteiger partial charge in [-0.05, 0) is 60.2 Å². The number of rotatable bonds is 7. The molecule has 12 heteroatoms. The minimum Gasteiger partial charge on any atom is -0.380 e. The van der Waals surface area contributed by atoms with Crippen LogP contribution in [-0.4, -0.2) is 76.6 Å². The van der Waals surface area contributed by atoms with E-state index in [9.17, 15) is 18.0 Å². The van der Waals surface area contributed by atoms with E-state index in [0.717, 1.165) is 56.3 Å². The molecule has 3 heterocycles. The Morgan fingerprint density at radius 2 is 1.92 bits per heavy atom. The maximum atomic E-state index is 13.5. The van der Waals surface area contributed by atoms with Crippen LogP contribution in [0.15, 0.2) is 52.5 Å². The van der Waals surface area contributed by atoms with Gasteiger partial charge < -0.3 is 9.64 Å². The van der Waals surface area contributed by atoms with Crippen LogP contribution in [0.1, 0.15) is 23.6 Å². The average Bonchev–Trinajstić information content (AvgIpc) is 3.47. The van der Waals surface area contributed by atoms with Gasteiger partial charge in [0.25, 0.3) is 5.91 Å². The number of amidine groups is 1. The Kier molecular flexibility index (Phi) is 8.32. The molecule has 2 aliphatic heterocycles. The van der Waals surface area contributed by atoms with Crippen LogP contribution in [-0.2, 0) is 22.3 Å². The lowest BCUT2D eigenvalue weighted by molar-refractivity contribution is -0.138. The van der Waals surface area contributed by atoms with Gasteiger partial charge in [0, 0.05) is 49.7 Å². The predicted molar refractivity (Wildman–Crippen MR) is 148 cm³/mol. The number of thioether (sulfide) groups is 1. The molecule has 39 heavy (non-hydrogen) atoms. The highest BCUT2D eigenvalue weighted by Gasteiger charge is 2.34. The Labute approximate surface area is 233 Å². The smallest absolute Gasteiger partial charge is 0.380 e. The minimum absolute atomic E-state index is 0.0281. The zero-order chi connectivity index (χ0) is 27.6. The molecule has 0 saturated carbocycles. The van der Waals surface area contributed by atoms with Crippen LogP contribution < -0.4 is 0 Å². The number of amides is 1. The van der Waals surface area contributed by atoms with Gasteiger partial charge in [-0.2, -0.15) is 23.3 Å². The number of aliphatic imine (C=N–C) groups is 1. The van der Waals surface area contributed by atoms with Gasteiger partial charge in [0.15, 0.2) is 5.17 Å². The summed E-state index contributed by atoms with van der Waals surface area (Å²) in [5, 5.41) is 5.81. The van der Waals surface area contributed by atoms with Crippen molar-refractivity contribution in [3.8, 4) is 0 Å². The average molecular weight is 578 g/mol. The molecule has 1 amide bonds. The van der Waals surface area contributed by atoms with E-state index in [1.54, 1.807) is 18.3 Å². The fourth-order valence-electron chi connectivity index (χ4n) is 4.62. The zero-order valence-electron chi connectivity index (χ0n) is 21.2. The summed E-state index contributed by atoms with van der Waals surface area (Å²) in [6.07, 6.45) is -1.12. The zero-order valence-corrected chi connectivity index (χ0v) is 22.8. The SMILES string of the molecule is CCOCCN1CCN(C2=NC(=O)C(=Cc3ccc4c(cnn4Cc4ccc(Cl)cc4C(F)(F)F)c3)S2)CC1. The lowest BCUT2D eigenvalue weighted by Crippen LogP contribution is -2.48. The molecule has 2 aliphatic rings. The number of halogens is 4. The van der Waals surface area contributed by atoms with Gasteiger partial charge in [-0.3, -0.25) is 14.4 Å². The van der Waals surface area contributed by atoms with Crippen LogP contribution in [0.25, 0.3) is 17.0 Å². The summed E-state index contributed by atoms with van der Waals surface area (Å²) in [6, 6.07) is 9.23. The Morgan fingerprint density at radius 1 is 1.13 bits per heavy atom. The second kappa shape index (κ2) is 11.7. The van der Waals surface area contributed by atoms with Crippen molar-refractivity contribution >= 4 is 51.4 Å². The topological polar surface area (TPSA) is 63.0 Å². The van der Waals surface area contributed by atoms with Crippen molar-refractivity contribution in [2.45, 2.75) is 19.6 Å². The molecular weight excluding hydrogens is 551 g/mol. The second-order valence-corrected chi connectivity index (χ2v) is 10.7. The molecule has 2 aromatic carbocycles. The Morgan fingerprint density at radius 3 is 2.67 bits per heavy atom. The number of aromatic nitrogens is 2. The number of carbonyl (C=O) groups is 1. The molecule has 0 atom stereocenters. The molecule has 0 spiro atoms. The van der Waals surface area contributed by atoms with E-state index in [-0.39, 0.29) is 23.0 Å². The number of alkyl halides is 3. The van der Waals surface area contributed by atoms with E-state index in [0.29, 0.717) is 22.2 Å². The first kappa shape index (κ1) is 27.7. The van der Waals surface area contributed by atoms with Gasteiger partial charge in [-0.1, -0.05) is 23.7 Å². The van der Waals surface area contributed by atoms with Gasteiger partial charge in [-0.25, -0.2) is 0 Å². The number of piperazine rings is 1. The number of hydrogen-bond donors (Lipinski definition) is 0. The summed E-state index contributed by atoms with van der Waals surface area (Å²) in [5.74, 6) is -0.271. The van der Waals surface area contributed by atoms with E-state index in [4.69, 9.17) is 16.3 Å². The minimum atomic E-state index is -4.52. The first-order valence-electron chi connectivity index (χ1n) is 12.6. The number of ether oxygens (including phenoxy) is 1. The van der Waals surface area contributed by atoms with Crippen molar-refractivity contribution < 1.29 is 22.7 Å². The van der Waals surface area contributed by atoms with Crippen LogP contribution >= 0.6 is 23.4 Å². The molecular formula is C27H27ClF3N5O2S. The highest BCUT2D eigenvalue weighted by atomic mass is 35.5. The first-order valence-corrected chi connectivity index (χ1v) is 13.8. The summed E-state index contributed by atoms with van der Waals surface area (Å²) >= 11 is 7.17. The molecule has 0 bridgehead atoms. The normalized spacial score (nSPS) is 18.0. The fourth-order valence-corrected chi connectivity index (χ4v) is 5.76. The van der Waals surface area contributed by atoms with Crippen LogP contribution in [0.5, 0.6) is 0 Å². The van der Waals surface area contributed by atoms with Gasteiger partial charge in [0.05, 0.1) is 35.3 Å². The predicted octanol–water partition coefficient (Wildman–Crippen LogP) is 5.38. The van der Waals surface area contributed by atoms with E-state index in [1.165, 1.54) is 28.6 Å². The molecule has 3 aromatic rings. The van der Waals surface area contributed by atoms with Crippen LogP contribution in [0.2, 0.25) is 5.02 Å². The lowest BCUT2D eigenvalue weighted by Gasteiger charge is -2.35. The molecule has 0 unspecified atom stereocenters. The van der Waals surface area contributed by atoms with Crippen molar-refractivity contribution in [3.63, 3.8) is 0 Å². The number of benzene rings is 2. The van der Waals surface area contributed by atoms with Crippen molar-refractivity contribution in [2.24, 2.45) is 4.99 Å². The number of hydrogen-bond acceptors (Lipinski definition) is 6. The maximum absolute atomic E-state index is 13.5. The molecule has 0 N–H and O–H groups in total. The molecule has 206 valence electrons. The Bertz CT molecular complexity index is 1430. The monoisotopic (exact) mass is 577 g/mol. The number of fused-ring (bicyclic) bond motifs is 1. The lowest BCUT2D eigenvalue weighted by atomic mass is 10.1. The van der Waals surface area contributed by atoms with Crippen molar-refractivity contribution in [3.05, 3.63) is 69.2 Å². The third-order valence-corrected chi connectivity index (χ3v) is 7.95. The summed E-state index contributed by atoms with van der Waals surface area (Å²) in [6.45, 7) is 7.64. The molecule has 5 rings (SSSR count). The van der Waals surface area contributed by atoms with Crippen molar-refractivity contribution in [2.75, 3.05) is 45.9 Å². The summed E-state index contributed by atoms with van der Waals surface area (Å²) < 4.78 is 47.5.